The number of aryl methyl sites for hydroxylation is 1. The Kier molecular flexibility index (Phi) is 10.4. The van der Waals surface area contributed by atoms with Gasteiger partial charge in [0.05, 0.1) is 44.8 Å². The highest BCUT2D eigenvalue weighted by molar-refractivity contribution is 5.91. The number of esters is 2. The molecule has 0 aliphatic carbocycles. The smallest absolute Gasteiger partial charge is 0.341 e. The van der Waals surface area contributed by atoms with E-state index in [0.717, 1.165) is 58.5 Å². The molecule has 3 heterocycles. The first-order valence-electron chi connectivity index (χ1n) is 13.7. The Morgan fingerprint density at radius 3 is 2.38 bits per heavy atom. The first-order chi connectivity index (χ1) is 19.0. The fourth-order valence-electron chi connectivity index (χ4n) is 4.99. The van der Waals surface area contributed by atoms with Crippen LogP contribution in [0.5, 0.6) is 17.2 Å². The van der Waals surface area contributed by atoms with Gasteiger partial charge in [-0.15, -0.1) is 0 Å². The summed E-state index contributed by atoms with van der Waals surface area (Å²) < 4.78 is 30.1. The summed E-state index contributed by atoms with van der Waals surface area (Å²) in [5, 5.41) is 4.09. The van der Waals surface area contributed by atoms with Crippen LogP contribution in [0.15, 0.2) is 24.5 Å². The molecule has 11 heteroatoms. The van der Waals surface area contributed by atoms with Crippen molar-refractivity contribution in [3.8, 4) is 17.2 Å². The van der Waals surface area contributed by atoms with Crippen LogP contribution in [0.2, 0.25) is 0 Å². The van der Waals surface area contributed by atoms with Crippen LogP contribution < -0.4 is 14.2 Å². The highest BCUT2D eigenvalue weighted by Crippen LogP contribution is 2.38. The minimum Gasteiger partial charge on any atom is -0.493 e. The third kappa shape index (κ3) is 8.09. The molecule has 1 aromatic carbocycles. The molecular formula is C28H40N4O7. The number of nitrogens with zero attached hydrogens (tertiary/aromatic N) is 4. The standard InChI is InChI=1S/C28H40N4O7/c1-30-20-22(19-29-30)28(34)39-23-7-4-15-37-25-18-21(17-24(35-2)26(25)36-3)27(33)38-16-6-11-31-9-5-10-32(12-8-23)14-13-31/h17-20,23H,4-16H2,1-3H3. The summed E-state index contributed by atoms with van der Waals surface area (Å²) in [7, 11) is 4.81. The highest BCUT2D eigenvalue weighted by atomic mass is 16.5. The van der Waals surface area contributed by atoms with Gasteiger partial charge in [0.25, 0.3) is 0 Å². The molecule has 0 amide bonds. The van der Waals surface area contributed by atoms with Crippen molar-refractivity contribution in [1.82, 2.24) is 19.6 Å². The maximum atomic E-state index is 12.8. The fourth-order valence-corrected chi connectivity index (χ4v) is 4.99. The molecule has 11 nitrogen and oxygen atoms in total. The lowest BCUT2D eigenvalue weighted by molar-refractivity contribution is 0.0221. The largest absolute Gasteiger partial charge is 0.493 e. The molecule has 1 fully saturated rings. The molecule has 2 aliphatic rings. The number of hydrogen-bond acceptors (Lipinski definition) is 10. The topological polar surface area (TPSA) is 105 Å². The van der Waals surface area contributed by atoms with E-state index in [1.807, 2.05) is 0 Å². The van der Waals surface area contributed by atoms with Crippen LogP contribution in [0.1, 0.15) is 52.8 Å². The number of carbonyl (C=O) groups excluding carboxylic acids is 2. The van der Waals surface area contributed by atoms with Crippen LogP contribution in [0.25, 0.3) is 0 Å². The summed E-state index contributed by atoms with van der Waals surface area (Å²) in [6.45, 7) is 6.34. The number of methoxy groups -OCH3 is 2. The third-order valence-electron chi connectivity index (χ3n) is 7.12. The van der Waals surface area contributed by atoms with Crippen molar-refractivity contribution in [3.63, 3.8) is 0 Å². The SMILES string of the molecule is COc1cc2cc(c1OC)OCCCC(OC(=O)c1cnn(C)c1)CCN1CCCN(CCCOC2=O)CC1. The Hall–Kier alpha value is -3.31. The number of ether oxygens (including phenoxy) is 5. The van der Waals surface area contributed by atoms with E-state index in [1.54, 1.807) is 30.1 Å². The summed E-state index contributed by atoms with van der Waals surface area (Å²) in [6, 6.07) is 3.23. The minimum atomic E-state index is -0.428. The molecule has 0 N–H and O–H groups in total. The predicted molar refractivity (Wildman–Crippen MR) is 144 cm³/mol. The van der Waals surface area contributed by atoms with Gasteiger partial charge in [-0.2, -0.15) is 5.10 Å². The van der Waals surface area contributed by atoms with Gasteiger partial charge in [-0.05, 0) is 57.3 Å². The average Bonchev–Trinajstić information content (AvgIpc) is 3.25. The van der Waals surface area contributed by atoms with E-state index < -0.39 is 5.97 Å². The van der Waals surface area contributed by atoms with Crippen LogP contribution in [-0.2, 0) is 16.5 Å². The molecule has 1 aromatic heterocycles. The Labute approximate surface area is 229 Å². The van der Waals surface area contributed by atoms with Gasteiger partial charge < -0.3 is 33.5 Å². The van der Waals surface area contributed by atoms with Gasteiger partial charge in [-0.3, -0.25) is 4.68 Å². The van der Waals surface area contributed by atoms with E-state index in [4.69, 9.17) is 23.7 Å². The summed E-state index contributed by atoms with van der Waals surface area (Å²) in [5.41, 5.74) is 0.782. The number of hydrogen-bond donors (Lipinski definition) is 0. The number of carbonyl (C=O) groups is 2. The van der Waals surface area contributed by atoms with Crippen molar-refractivity contribution < 1.29 is 33.3 Å². The lowest BCUT2D eigenvalue weighted by atomic mass is 10.1. The lowest BCUT2D eigenvalue weighted by Gasteiger charge is -2.24. The number of cyclic esters (lactones) is 1. The van der Waals surface area contributed by atoms with Crippen molar-refractivity contribution in [1.29, 1.82) is 0 Å². The van der Waals surface area contributed by atoms with Crippen LogP contribution in [-0.4, -0.2) is 104 Å². The molecule has 3 atom stereocenters. The third-order valence-corrected chi connectivity index (χ3v) is 7.12. The van der Waals surface area contributed by atoms with E-state index in [-0.39, 0.29) is 12.1 Å². The van der Waals surface area contributed by atoms with Crippen molar-refractivity contribution in [2.24, 2.45) is 7.05 Å². The summed E-state index contributed by atoms with van der Waals surface area (Å²) in [5.74, 6) is 0.407. The number of benzene rings is 1. The molecule has 3 unspecified atom stereocenters. The van der Waals surface area contributed by atoms with Crippen molar-refractivity contribution in [2.75, 3.05) is 66.7 Å². The zero-order valence-electron chi connectivity index (χ0n) is 23.2. The molecule has 0 radical (unpaired) electrons. The number of rotatable bonds is 4. The van der Waals surface area contributed by atoms with E-state index >= 15 is 0 Å². The van der Waals surface area contributed by atoms with Crippen molar-refractivity contribution in [3.05, 3.63) is 35.7 Å². The maximum Gasteiger partial charge on any atom is 0.341 e. The van der Waals surface area contributed by atoms with Gasteiger partial charge in [0.1, 0.15) is 6.10 Å². The maximum absolute atomic E-state index is 12.8. The molecule has 214 valence electrons. The summed E-state index contributed by atoms with van der Waals surface area (Å²) >= 11 is 0. The van der Waals surface area contributed by atoms with Crippen LogP contribution in [0.4, 0.5) is 0 Å². The highest BCUT2D eigenvalue weighted by Gasteiger charge is 2.22. The van der Waals surface area contributed by atoms with Gasteiger partial charge >= 0.3 is 11.9 Å². The first-order valence-corrected chi connectivity index (χ1v) is 13.7. The molecule has 39 heavy (non-hydrogen) atoms. The molecule has 4 bridgehead atoms. The Bertz CT molecular complexity index is 1110. The second kappa shape index (κ2) is 14.2. The molecule has 0 saturated carbocycles. The van der Waals surface area contributed by atoms with E-state index in [9.17, 15) is 9.59 Å². The monoisotopic (exact) mass is 544 g/mol. The normalized spacial score (nSPS) is 23.3. The zero-order valence-corrected chi connectivity index (χ0v) is 23.2. The summed E-state index contributed by atoms with van der Waals surface area (Å²) in [6.07, 6.45) is 6.76. The van der Waals surface area contributed by atoms with Crippen LogP contribution in [0.3, 0.4) is 0 Å². The van der Waals surface area contributed by atoms with E-state index in [1.165, 1.54) is 20.4 Å². The first kappa shape index (κ1) is 28.7. The van der Waals surface area contributed by atoms with Gasteiger partial charge in [0, 0.05) is 39.4 Å². The minimum absolute atomic E-state index is 0.263. The average molecular weight is 545 g/mol. The van der Waals surface area contributed by atoms with E-state index in [0.29, 0.717) is 54.4 Å². The zero-order chi connectivity index (χ0) is 27.6. The van der Waals surface area contributed by atoms with Crippen LogP contribution >= 0.6 is 0 Å². The summed E-state index contributed by atoms with van der Waals surface area (Å²) in [4.78, 5) is 30.5. The number of aromatic nitrogens is 2. The molecule has 2 aliphatic heterocycles. The fraction of sp³-hybridized carbons (Fsp3) is 0.607. The van der Waals surface area contributed by atoms with Crippen molar-refractivity contribution in [2.45, 2.75) is 38.2 Å². The van der Waals surface area contributed by atoms with Gasteiger partial charge in [-0.25, -0.2) is 9.59 Å². The molecule has 4 rings (SSSR count). The van der Waals surface area contributed by atoms with Crippen molar-refractivity contribution >= 4 is 11.9 Å². The van der Waals surface area contributed by atoms with E-state index in [2.05, 4.69) is 14.9 Å². The molecule has 1 saturated heterocycles. The lowest BCUT2D eigenvalue weighted by Crippen LogP contribution is -2.34. The second-order valence-corrected chi connectivity index (χ2v) is 9.95. The molecular weight excluding hydrogens is 504 g/mol. The Morgan fingerprint density at radius 2 is 1.67 bits per heavy atom. The second-order valence-electron chi connectivity index (χ2n) is 9.95. The van der Waals surface area contributed by atoms with Gasteiger partial charge in [0.15, 0.2) is 11.5 Å². The van der Waals surface area contributed by atoms with Crippen LogP contribution in [0, 0.1) is 0 Å². The quantitative estimate of drug-likeness (QED) is 0.534. The Morgan fingerprint density at radius 1 is 0.923 bits per heavy atom. The van der Waals surface area contributed by atoms with Gasteiger partial charge in [-0.1, -0.05) is 0 Å². The Balaban J connectivity index is 1.50. The molecule has 2 aromatic rings. The predicted octanol–water partition coefficient (Wildman–Crippen LogP) is 2.78. The molecule has 0 spiro atoms. The number of fused-ring (bicyclic) bond motifs is 5. The van der Waals surface area contributed by atoms with Gasteiger partial charge in [0.2, 0.25) is 5.75 Å².